The molecule has 1 aromatic carbocycles. The lowest BCUT2D eigenvalue weighted by Gasteiger charge is -2.33. The lowest BCUT2D eigenvalue weighted by Crippen LogP contribution is -2.51. The Kier molecular flexibility index (Phi) is 7.03. The number of aromatic nitrogens is 3. The zero-order chi connectivity index (χ0) is 24.1. The number of amides is 1. The smallest absolute Gasteiger partial charge is 0.342 e. The van der Waals surface area contributed by atoms with Gasteiger partial charge in [0.15, 0.2) is 12.4 Å². The van der Waals surface area contributed by atoms with Gasteiger partial charge in [-0.3, -0.25) is 4.79 Å². The van der Waals surface area contributed by atoms with Crippen LogP contribution in [-0.2, 0) is 25.3 Å². The van der Waals surface area contributed by atoms with Gasteiger partial charge in [0.25, 0.3) is 5.91 Å². The summed E-state index contributed by atoms with van der Waals surface area (Å²) in [6.45, 7) is 2.16. The van der Waals surface area contributed by atoms with Crippen molar-refractivity contribution < 1.29 is 22.7 Å². The van der Waals surface area contributed by atoms with Gasteiger partial charge in [0.2, 0.25) is 10.0 Å². The van der Waals surface area contributed by atoms with E-state index in [-0.39, 0.29) is 43.4 Å². The number of esters is 1. The Hall–Kier alpha value is -3.57. The predicted octanol–water partition coefficient (Wildman–Crippen LogP) is 1.41. The Morgan fingerprint density at radius 2 is 1.71 bits per heavy atom. The van der Waals surface area contributed by atoms with Gasteiger partial charge in [-0.15, -0.1) is 0 Å². The van der Waals surface area contributed by atoms with E-state index in [9.17, 15) is 18.0 Å². The molecule has 11 heteroatoms. The van der Waals surface area contributed by atoms with E-state index in [1.165, 1.54) is 20.1 Å². The van der Waals surface area contributed by atoms with Crippen molar-refractivity contribution in [1.29, 1.82) is 0 Å². The van der Waals surface area contributed by atoms with Crippen molar-refractivity contribution in [2.45, 2.75) is 12.7 Å². The molecule has 1 amide bonds. The summed E-state index contributed by atoms with van der Waals surface area (Å²) in [5.74, 6) is -0.541. The molecule has 0 saturated carbocycles. The maximum absolute atomic E-state index is 12.7. The number of ether oxygens (including phenoxy) is 1. The van der Waals surface area contributed by atoms with Crippen LogP contribution in [0.25, 0.3) is 5.82 Å². The van der Waals surface area contributed by atoms with Crippen LogP contribution in [0.3, 0.4) is 0 Å². The topological polar surface area (TPSA) is 115 Å². The van der Waals surface area contributed by atoms with Gasteiger partial charge in [0.1, 0.15) is 5.56 Å². The minimum atomic E-state index is -3.48. The molecule has 1 fully saturated rings. The van der Waals surface area contributed by atoms with Crippen LogP contribution >= 0.6 is 0 Å². The number of hydrogen-bond donors (Lipinski definition) is 0. The number of pyridine rings is 1. The molecule has 3 heterocycles. The van der Waals surface area contributed by atoms with Crippen LogP contribution < -0.4 is 0 Å². The Morgan fingerprint density at radius 1 is 1.00 bits per heavy atom. The summed E-state index contributed by atoms with van der Waals surface area (Å²) in [5.41, 5.74) is 1.51. The zero-order valence-electron chi connectivity index (χ0n) is 18.7. The Labute approximate surface area is 197 Å². The predicted molar refractivity (Wildman–Crippen MR) is 124 cm³/mol. The van der Waals surface area contributed by atoms with E-state index in [1.54, 1.807) is 49.5 Å². The third kappa shape index (κ3) is 5.32. The number of carbonyl (C=O) groups excluding carboxylic acids is 2. The van der Waals surface area contributed by atoms with Gasteiger partial charge in [0.05, 0.1) is 17.6 Å². The molecule has 0 bridgehead atoms. The van der Waals surface area contributed by atoms with E-state index >= 15 is 0 Å². The van der Waals surface area contributed by atoms with E-state index in [4.69, 9.17) is 4.74 Å². The second-order valence-corrected chi connectivity index (χ2v) is 9.81. The van der Waals surface area contributed by atoms with Crippen molar-refractivity contribution >= 4 is 21.9 Å². The van der Waals surface area contributed by atoms with Gasteiger partial charge < -0.3 is 9.64 Å². The van der Waals surface area contributed by atoms with E-state index in [1.807, 2.05) is 12.1 Å². The van der Waals surface area contributed by atoms with E-state index < -0.39 is 22.6 Å². The molecule has 2 aromatic heterocycles. The summed E-state index contributed by atoms with van der Waals surface area (Å²) >= 11 is 0. The number of sulfonamides is 1. The molecule has 1 aliphatic heterocycles. The highest BCUT2D eigenvalue weighted by Crippen LogP contribution is 2.15. The van der Waals surface area contributed by atoms with Crippen molar-refractivity contribution in [3.8, 4) is 5.82 Å². The highest BCUT2D eigenvalue weighted by molar-refractivity contribution is 7.88. The summed E-state index contributed by atoms with van der Waals surface area (Å²) in [6, 6.07) is 14.3. The second-order valence-electron chi connectivity index (χ2n) is 7.84. The average Bonchev–Trinajstić information content (AvgIpc) is 3.24. The van der Waals surface area contributed by atoms with Crippen LogP contribution in [0.15, 0.2) is 60.9 Å². The normalized spacial score (nSPS) is 14.7. The van der Waals surface area contributed by atoms with Crippen molar-refractivity contribution in [1.82, 2.24) is 24.0 Å². The van der Waals surface area contributed by atoms with Gasteiger partial charge in [-0.25, -0.2) is 22.9 Å². The highest BCUT2D eigenvalue weighted by Gasteiger charge is 2.29. The summed E-state index contributed by atoms with van der Waals surface area (Å²) in [5, 5.41) is 4.18. The Morgan fingerprint density at radius 3 is 2.38 bits per heavy atom. The minimum absolute atomic E-state index is 0.0784. The SMILES string of the molecule is Cc1c(C(=O)OCC(=O)N2CCN(S(=O)(=O)Cc3ccccc3)CC2)cnn1-c1ccccn1. The number of nitrogens with zero attached hydrogens (tertiary/aromatic N) is 5. The summed E-state index contributed by atoms with van der Waals surface area (Å²) < 4.78 is 33.5. The average molecular weight is 484 g/mol. The third-order valence-corrected chi connectivity index (χ3v) is 7.45. The van der Waals surface area contributed by atoms with Gasteiger partial charge in [-0.1, -0.05) is 36.4 Å². The number of carbonyl (C=O) groups is 2. The first-order valence-corrected chi connectivity index (χ1v) is 12.4. The lowest BCUT2D eigenvalue weighted by atomic mass is 10.2. The standard InChI is InChI=1S/C23H25N5O5S/c1-18-20(15-25-28(18)21-9-5-6-10-24-21)23(30)33-16-22(29)26-11-13-27(14-12-26)34(31,32)17-19-7-3-2-4-8-19/h2-10,15H,11-14,16-17H2,1H3. The Bertz CT molecular complexity index is 1250. The molecule has 0 N–H and O–H groups in total. The van der Waals surface area contributed by atoms with Gasteiger partial charge in [0, 0.05) is 32.4 Å². The molecular formula is C23H25N5O5S. The van der Waals surface area contributed by atoms with Gasteiger partial charge in [-0.2, -0.15) is 9.40 Å². The molecule has 0 aliphatic carbocycles. The molecule has 0 atom stereocenters. The van der Waals surface area contributed by atoms with Crippen LogP contribution in [0.1, 0.15) is 21.6 Å². The molecule has 10 nitrogen and oxygen atoms in total. The van der Waals surface area contributed by atoms with Crippen molar-refractivity contribution in [2.75, 3.05) is 32.8 Å². The van der Waals surface area contributed by atoms with Gasteiger partial charge in [-0.05, 0) is 24.6 Å². The molecular weight excluding hydrogens is 458 g/mol. The fourth-order valence-corrected chi connectivity index (χ4v) is 5.22. The highest BCUT2D eigenvalue weighted by atomic mass is 32.2. The number of benzene rings is 1. The maximum atomic E-state index is 12.7. The minimum Gasteiger partial charge on any atom is -0.452 e. The molecule has 1 aliphatic rings. The fraction of sp³-hybridized carbons (Fsp3) is 0.304. The van der Waals surface area contributed by atoms with Crippen LogP contribution in [0.5, 0.6) is 0 Å². The van der Waals surface area contributed by atoms with Crippen molar-refractivity contribution in [2.24, 2.45) is 0 Å². The van der Waals surface area contributed by atoms with Crippen LogP contribution in [0.4, 0.5) is 0 Å². The third-order valence-electron chi connectivity index (χ3n) is 5.60. The molecule has 0 unspecified atom stereocenters. The Balaban J connectivity index is 1.28. The number of hydrogen-bond acceptors (Lipinski definition) is 7. The van der Waals surface area contributed by atoms with Gasteiger partial charge >= 0.3 is 5.97 Å². The zero-order valence-corrected chi connectivity index (χ0v) is 19.5. The van der Waals surface area contributed by atoms with Crippen molar-refractivity contribution in [3.05, 3.63) is 77.7 Å². The first-order chi connectivity index (χ1) is 16.3. The first kappa shape index (κ1) is 23.6. The van der Waals surface area contributed by atoms with Crippen LogP contribution in [0, 0.1) is 6.92 Å². The van der Waals surface area contributed by atoms with Crippen LogP contribution in [-0.4, -0.2) is 77.0 Å². The van der Waals surface area contributed by atoms with Crippen molar-refractivity contribution in [3.63, 3.8) is 0 Å². The quantitative estimate of drug-likeness (QED) is 0.467. The molecule has 1 saturated heterocycles. The lowest BCUT2D eigenvalue weighted by molar-refractivity contribution is -0.135. The largest absolute Gasteiger partial charge is 0.452 e. The number of rotatable bonds is 7. The first-order valence-electron chi connectivity index (χ1n) is 10.8. The van der Waals surface area contributed by atoms with E-state index in [2.05, 4.69) is 10.1 Å². The van der Waals surface area contributed by atoms with Crippen LogP contribution in [0.2, 0.25) is 0 Å². The molecule has 3 aromatic rings. The summed E-state index contributed by atoms with van der Waals surface area (Å²) in [6.07, 6.45) is 3.01. The molecule has 4 rings (SSSR count). The molecule has 0 spiro atoms. The fourth-order valence-electron chi connectivity index (χ4n) is 3.71. The summed E-state index contributed by atoms with van der Waals surface area (Å²) in [7, 11) is -3.48. The molecule has 0 radical (unpaired) electrons. The van der Waals surface area contributed by atoms with E-state index in [0.29, 0.717) is 11.5 Å². The number of piperazine rings is 1. The van der Waals surface area contributed by atoms with E-state index in [0.717, 1.165) is 5.56 Å². The molecule has 178 valence electrons. The summed E-state index contributed by atoms with van der Waals surface area (Å²) in [4.78, 5) is 30.8. The monoisotopic (exact) mass is 483 g/mol. The maximum Gasteiger partial charge on any atom is 0.342 e. The molecule has 34 heavy (non-hydrogen) atoms. The second kappa shape index (κ2) is 10.1.